The lowest BCUT2D eigenvalue weighted by Crippen LogP contribution is -3.27. The van der Waals surface area contributed by atoms with E-state index in [0.29, 0.717) is 5.75 Å². The maximum atomic E-state index is 10.4. The van der Waals surface area contributed by atoms with Gasteiger partial charge in [-0.05, 0) is 25.1 Å². The highest BCUT2D eigenvalue weighted by Crippen LogP contribution is 2.24. The van der Waals surface area contributed by atoms with Gasteiger partial charge in [-0.25, -0.2) is 4.98 Å². The van der Waals surface area contributed by atoms with Gasteiger partial charge >= 0.3 is 0 Å². The third-order valence-corrected chi connectivity index (χ3v) is 4.50. The number of phenols is 1. The van der Waals surface area contributed by atoms with E-state index in [1.807, 2.05) is 18.3 Å². The number of hydrogen-bond donors (Lipinski definition) is 3. The van der Waals surface area contributed by atoms with E-state index < -0.39 is 0 Å². The van der Waals surface area contributed by atoms with E-state index in [-0.39, 0.29) is 0 Å². The van der Waals surface area contributed by atoms with Gasteiger partial charge in [0.05, 0.1) is 17.5 Å². The number of aromatic amines is 1. The van der Waals surface area contributed by atoms with Crippen LogP contribution in [0.15, 0.2) is 30.5 Å². The molecule has 4 N–H and O–H groups in total. The van der Waals surface area contributed by atoms with Crippen molar-refractivity contribution < 1.29 is 19.9 Å². The van der Waals surface area contributed by atoms with E-state index in [4.69, 9.17) is 0 Å². The molecule has 106 valence electrons. The Hall–Kier alpha value is -1.65. The summed E-state index contributed by atoms with van der Waals surface area (Å²) in [5.74, 6) is 0.417. The normalized spacial score (nSPS) is 23.1. The largest absolute Gasteiger partial charge is 0.502 e. The Bertz CT molecular complexity index is 591. The monoisotopic (exact) mass is 274 g/mol. The van der Waals surface area contributed by atoms with E-state index in [1.165, 1.54) is 32.7 Å². The predicted octanol–water partition coefficient (Wildman–Crippen LogP) is -1.34. The molecule has 1 aromatic carbocycles. The van der Waals surface area contributed by atoms with Gasteiger partial charge in [-0.15, -0.1) is 0 Å². The quantitative estimate of drug-likeness (QED) is 0.637. The number of fused-ring (bicyclic) bond motifs is 1. The molecule has 3 rings (SSSR count). The number of aromatic nitrogens is 1. The van der Waals surface area contributed by atoms with Crippen LogP contribution in [0.5, 0.6) is 5.75 Å². The topological polar surface area (TPSA) is 43.2 Å². The lowest BCUT2D eigenvalue weighted by Gasteiger charge is -2.29. The smallest absolute Gasteiger partial charge is 0.253 e. The molecule has 0 unspecified atom stereocenters. The van der Waals surface area contributed by atoms with Crippen LogP contribution < -0.4 is 14.8 Å². The number of likely N-dealkylation sites (N-methyl/N-ethyl adjacent to an activating group) is 1. The maximum Gasteiger partial charge on any atom is 0.253 e. The minimum Gasteiger partial charge on any atom is -0.502 e. The van der Waals surface area contributed by atoms with Crippen LogP contribution in [0.1, 0.15) is 12.5 Å². The van der Waals surface area contributed by atoms with Crippen molar-refractivity contribution >= 4 is 10.9 Å². The van der Waals surface area contributed by atoms with Gasteiger partial charge in [0, 0.05) is 6.07 Å². The van der Waals surface area contributed by atoms with Crippen LogP contribution in [-0.4, -0.2) is 37.8 Å². The molecule has 20 heavy (non-hydrogen) atoms. The fourth-order valence-corrected chi connectivity index (χ4v) is 3.12. The molecule has 0 amide bonds. The van der Waals surface area contributed by atoms with E-state index in [9.17, 15) is 5.11 Å². The number of rotatable bonds is 3. The summed E-state index contributed by atoms with van der Waals surface area (Å²) in [6, 6.07) is 8.14. The molecule has 1 fully saturated rings. The van der Waals surface area contributed by atoms with Crippen LogP contribution in [0, 0.1) is 0 Å². The second kappa shape index (κ2) is 5.77. The number of quaternary nitrogens is 2. The zero-order valence-corrected chi connectivity index (χ0v) is 12.1. The number of benzene rings is 1. The van der Waals surface area contributed by atoms with Gasteiger partial charge in [-0.1, -0.05) is 0 Å². The van der Waals surface area contributed by atoms with Crippen LogP contribution in [0.4, 0.5) is 0 Å². The number of nitrogens with one attached hydrogen (secondary N) is 3. The lowest BCUT2D eigenvalue weighted by molar-refractivity contribution is -1.02. The maximum absolute atomic E-state index is 10.4. The summed E-state index contributed by atoms with van der Waals surface area (Å²) in [5, 5.41) is 11.5. The molecular formula is C16H24N3O+3. The van der Waals surface area contributed by atoms with Crippen LogP contribution in [0.3, 0.4) is 0 Å². The molecule has 4 heteroatoms. The minimum absolute atomic E-state index is 0.417. The first-order valence-electron chi connectivity index (χ1n) is 7.56. The molecule has 4 nitrogen and oxygen atoms in total. The average molecular weight is 274 g/mol. The van der Waals surface area contributed by atoms with E-state index >= 15 is 0 Å². The first-order valence-corrected chi connectivity index (χ1v) is 7.56. The van der Waals surface area contributed by atoms with Gasteiger partial charge in [0.1, 0.15) is 32.7 Å². The summed E-state index contributed by atoms with van der Waals surface area (Å²) in [6.07, 6.45) is 1.86. The second-order valence-electron chi connectivity index (χ2n) is 5.74. The van der Waals surface area contributed by atoms with Crippen molar-refractivity contribution in [3.05, 3.63) is 36.0 Å². The fraction of sp³-hybridized carbons (Fsp3) is 0.438. The summed E-state index contributed by atoms with van der Waals surface area (Å²) >= 11 is 0. The van der Waals surface area contributed by atoms with Crippen molar-refractivity contribution in [3.63, 3.8) is 0 Å². The van der Waals surface area contributed by atoms with Crippen LogP contribution in [-0.2, 0) is 6.54 Å². The molecule has 0 saturated carbocycles. The molecule has 0 bridgehead atoms. The minimum atomic E-state index is 0.417. The van der Waals surface area contributed by atoms with E-state index in [1.54, 1.807) is 9.80 Å². The lowest BCUT2D eigenvalue weighted by atomic mass is 10.1. The molecular weight excluding hydrogens is 250 g/mol. The predicted molar refractivity (Wildman–Crippen MR) is 77.8 cm³/mol. The summed E-state index contributed by atoms with van der Waals surface area (Å²) in [4.78, 5) is 6.43. The van der Waals surface area contributed by atoms with Gasteiger partial charge in [0.15, 0.2) is 11.9 Å². The molecule has 2 aromatic rings. The van der Waals surface area contributed by atoms with E-state index in [2.05, 4.69) is 24.0 Å². The van der Waals surface area contributed by atoms with E-state index in [0.717, 1.165) is 23.0 Å². The number of hydrogen-bond acceptors (Lipinski definition) is 1. The third kappa shape index (κ3) is 2.62. The number of H-pyrrole nitrogens is 1. The molecule has 0 radical (unpaired) electrons. The number of pyridine rings is 1. The molecule has 0 aliphatic carbocycles. The molecule has 1 aromatic heterocycles. The Morgan fingerprint density at radius 2 is 1.85 bits per heavy atom. The molecule has 2 heterocycles. The third-order valence-electron chi connectivity index (χ3n) is 4.50. The molecule has 1 saturated heterocycles. The van der Waals surface area contributed by atoms with Crippen molar-refractivity contribution in [1.82, 2.24) is 0 Å². The van der Waals surface area contributed by atoms with Crippen molar-refractivity contribution in [2.45, 2.75) is 13.5 Å². The molecule has 1 aliphatic heterocycles. The Kier molecular flexibility index (Phi) is 3.85. The van der Waals surface area contributed by atoms with Gasteiger partial charge in [0.25, 0.3) is 5.52 Å². The Morgan fingerprint density at radius 1 is 1.10 bits per heavy atom. The van der Waals surface area contributed by atoms with Crippen molar-refractivity contribution in [2.24, 2.45) is 0 Å². The van der Waals surface area contributed by atoms with Crippen molar-refractivity contribution in [1.29, 1.82) is 0 Å². The molecule has 0 spiro atoms. The summed E-state index contributed by atoms with van der Waals surface area (Å²) in [7, 11) is 0. The van der Waals surface area contributed by atoms with Gasteiger partial charge < -0.3 is 14.9 Å². The number of phenolic OH excluding ortho intramolecular Hbond substituents is 1. The Balaban J connectivity index is 1.76. The molecule has 1 aliphatic rings. The average Bonchev–Trinajstić information content (AvgIpc) is 2.51. The first-order chi connectivity index (χ1) is 9.78. The summed E-state index contributed by atoms with van der Waals surface area (Å²) in [6.45, 7) is 9.27. The Morgan fingerprint density at radius 3 is 2.60 bits per heavy atom. The summed E-state index contributed by atoms with van der Waals surface area (Å²) in [5.41, 5.74) is 1.90. The van der Waals surface area contributed by atoms with Gasteiger partial charge in [-0.3, -0.25) is 0 Å². The number of aromatic hydroxyl groups is 1. The highest BCUT2D eigenvalue weighted by Gasteiger charge is 2.23. The SMILES string of the molecule is CC[NH+]1CC[NH+](Cc2ccc3ccc[nH+]c3c2O)CC1. The van der Waals surface area contributed by atoms with Crippen LogP contribution in [0.2, 0.25) is 0 Å². The van der Waals surface area contributed by atoms with Crippen LogP contribution in [0.25, 0.3) is 10.9 Å². The highest BCUT2D eigenvalue weighted by molar-refractivity contribution is 5.82. The summed E-state index contributed by atoms with van der Waals surface area (Å²) < 4.78 is 0. The zero-order chi connectivity index (χ0) is 13.9. The molecule has 0 atom stereocenters. The number of piperazine rings is 1. The second-order valence-corrected chi connectivity index (χ2v) is 5.74. The van der Waals surface area contributed by atoms with Crippen molar-refractivity contribution in [3.8, 4) is 5.75 Å². The Labute approximate surface area is 119 Å². The van der Waals surface area contributed by atoms with Crippen molar-refractivity contribution in [2.75, 3.05) is 32.7 Å². The van der Waals surface area contributed by atoms with Gasteiger partial charge in [-0.2, -0.15) is 0 Å². The highest BCUT2D eigenvalue weighted by atomic mass is 16.3. The van der Waals surface area contributed by atoms with Gasteiger partial charge in [0.2, 0.25) is 0 Å². The standard InChI is InChI=1S/C16H21N3O/c1-2-18-8-10-19(11-9-18)12-14-6-5-13-4-3-7-17-15(13)16(14)20/h3-7,20H,2,8-12H2,1H3/p+3. The fourth-order valence-electron chi connectivity index (χ4n) is 3.12. The van der Waals surface area contributed by atoms with Crippen LogP contribution >= 0.6 is 0 Å². The zero-order valence-electron chi connectivity index (χ0n) is 12.1. The first kappa shape index (κ1) is 13.3.